The third kappa shape index (κ3) is 16.6. The van der Waals surface area contributed by atoms with E-state index in [0.717, 1.165) is 55.2 Å². The van der Waals surface area contributed by atoms with Gasteiger partial charge in [-0.05, 0) is 274 Å². The number of hydrogen-bond donors (Lipinski definition) is 0. The fraction of sp³-hybridized carbons (Fsp3) is 0.571. The Morgan fingerprint density at radius 1 is 0.213 bits per heavy atom. The number of rotatable bonds is 21. The van der Waals surface area contributed by atoms with Gasteiger partial charge in [-0.25, -0.2) is 0 Å². The van der Waals surface area contributed by atoms with Gasteiger partial charge in [0.1, 0.15) is 34.5 Å². The van der Waals surface area contributed by atoms with E-state index in [0.29, 0.717) is 87.8 Å². The molecule has 0 saturated heterocycles. The van der Waals surface area contributed by atoms with Gasteiger partial charge in [0.15, 0.2) is 0 Å². The van der Waals surface area contributed by atoms with E-state index >= 15 is 4.57 Å². The van der Waals surface area contributed by atoms with Gasteiger partial charge in [-0.3, -0.25) is 0 Å². The number of phosphoric acid groups is 2. The fourth-order valence-corrected chi connectivity index (χ4v) is 21.4. The molecule has 9 aliphatic carbocycles. The minimum absolute atomic E-state index is 0.400. The van der Waals surface area contributed by atoms with Crippen molar-refractivity contribution in [1.82, 2.24) is 0 Å². The quantitative estimate of drug-likeness (QED) is 0.0659. The molecular formula is C84H108O8P2. The maximum atomic E-state index is 15.7. The summed E-state index contributed by atoms with van der Waals surface area (Å²) in [6, 6.07) is 44.6. The molecule has 6 aromatic carbocycles. The number of phosphoric ester groups is 2. The van der Waals surface area contributed by atoms with E-state index in [9.17, 15) is 4.57 Å². The largest absolute Gasteiger partial charge is 0.647 e. The molecule has 15 rings (SSSR count). The van der Waals surface area contributed by atoms with Gasteiger partial charge >= 0.3 is 15.6 Å². The molecule has 9 aliphatic rings. The molecule has 0 unspecified atom stereocenters. The summed E-state index contributed by atoms with van der Waals surface area (Å²) in [5, 5.41) is 0. The van der Waals surface area contributed by atoms with Crippen LogP contribution in [0.2, 0.25) is 0 Å². The lowest BCUT2D eigenvalue weighted by molar-refractivity contribution is 0.290. The Morgan fingerprint density at radius 3 is 0.617 bits per heavy atom. The van der Waals surface area contributed by atoms with Gasteiger partial charge in [-0.15, -0.1) is 0 Å². The molecule has 10 heteroatoms. The summed E-state index contributed by atoms with van der Waals surface area (Å²) < 4.78 is 70.4. The lowest BCUT2D eigenvalue weighted by atomic mass is 9.84. The summed E-state index contributed by atoms with van der Waals surface area (Å²) in [5.74, 6) is 8.21. The summed E-state index contributed by atoms with van der Waals surface area (Å²) in [7, 11) is -8.31. The first-order chi connectivity index (χ1) is 46.2. The van der Waals surface area contributed by atoms with Gasteiger partial charge in [0, 0.05) is 0 Å². The third-order valence-electron chi connectivity index (χ3n) is 24.0. The Labute approximate surface area is 564 Å². The van der Waals surface area contributed by atoms with Crippen molar-refractivity contribution in [2.75, 3.05) is 0 Å². The number of hydrogen-bond acceptors (Lipinski definition) is 8. The van der Waals surface area contributed by atoms with Crippen molar-refractivity contribution in [3.8, 4) is 34.5 Å². The van der Waals surface area contributed by atoms with Gasteiger partial charge in [-0.1, -0.05) is 208 Å². The first kappa shape index (κ1) is 65.8. The van der Waals surface area contributed by atoms with E-state index in [1.165, 1.54) is 245 Å². The van der Waals surface area contributed by atoms with Crippen LogP contribution in [0.1, 0.15) is 354 Å². The molecule has 94 heavy (non-hydrogen) atoms. The van der Waals surface area contributed by atoms with Crippen LogP contribution in [-0.4, -0.2) is 0 Å². The lowest BCUT2D eigenvalue weighted by Gasteiger charge is -2.29. The average Bonchev–Trinajstić information content (AvgIpc) is 1.02. The molecule has 8 nitrogen and oxygen atoms in total. The van der Waals surface area contributed by atoms with E-state index in [2.05, 4.69) is 91.0 Å². The van der Waals surface area contributed by atoms with Crippen molar-refractivity contribution in [2.24, 2.45) is 0 Å². The monoisotopic (exact) mass is 1310 g/mol. The molecule has 0 aromatic heterocycles. The van der Waals surface area contributed by atoms with Crippen molar-refractivity contribution in [1.29, 1.82) is 0 Å². The zero-order valence-electron chi connectivity index (χ0n) is 56.6. The van der Waals surface area contributed by atoms with Crippen LogP contribution < -0.4 is 27.1 Å². The van der Waals surface area contributed by atoms with Crippen LogP contribution in [-0.2, 0) is 9.13 Å². The molecule has 502 valence electrons. The minimum atomic E-state index is -4.19. The van der Waals surface area contributed by atoms with Crippen LogP contribution in [0.4, 0.5) is 0 Å². The highest BCUT2D eigenvalue weighted by Crippen LogP contribution is 2.57. The van der Waals surface area contributed by atoms with Crippen molar-refractivity contribution in [3.63, 3.8) is 0 Å². The predicted molar refractivity (Wildman–Crippen MR) is 382 cm³/mol. The Kier molecular flexibility index (Phi) is 22.0. The van der Waals surface area contributed by atoms with E-state index < -0.39 is 15.6 Å². The first-order valence-electron chi connectivity index (χ1n) is 38.3. The average molecular weight is 1310 g/mol. The second-order valence-corrected chi connectivity index (χ2v) is 33.3. The van der Waals surface area contributed by atoms with Crippen LogP contribution in [0.25, 0.3) is 0 Å². The Balaban J connectivity index is 0.000000168. The normalized spacial score (nSPS) is 21.4. The molecule has 0 N–H and O–H groups in total. The Bertz CT molecular complexity index is 3060. The zero-order chi connectivity index (χ0) is 63.5. The third-order valence-corrected chi connectivity index (χ3v) is 26.6. The van der Waals surface area contributed by atoms with Gasteiger partial charge < -0.3 is 27.1 Å². The molecule has 0 amide bonds. The standard InChI is InChI=1S/C48H63O4P.C36H45O4P/c49-53(50-46-28-40(34-13-1-2-14-34)25-41(29-46)35-15-3-4-16-35,51-47-30-42(36-17-5-6-18-36)26-43(31-47)37-19-7-8-20-37)52-48-32-44(38-21-9-10-22-38)27-45(33-48)39-23-11-12-24-39;37-41(38-34-25-13-10-22-31(34)28-16-4-1-5-17-28,39-35-26-14-11-23-32(35)29-18-6-2-7-19-29)40-36-27-15-12-24-33(36)30-20-8-3-9-21-30/h25-39H,1-24H2;10-15,22-30H,1-9,16-21H2. The van der Waals surface area contributed by atoms with Gasteiger partial charge in [0.05, 0.1) is 0 Å². The summed E-state index contributed by atoms with van der Waals surface area (Å²) in [5.41, 5.74) is 11.4. The van der Waals surface area contributed by atoms with Crippen molar-refractivity contribution in [3.05, 3.63) is 177 Å². The van der Waals surface area contributed by atoms with Crippen LogP contribution in [0, 0.1) is 0 Å². The summed E-state index contributed by atoms with van der Waals surface area (Å²) in [6.07, 6.45) is 47.8. The maximum Gasteiger partial charge on any atom is 0.647 e. The van der Waals surface area contributed by atoms with E-state index in [1.807, 2.05) is 36.4 Å². The second kappa shape index (κ2) is 31.4. The number of para-hydroxylation sites is 3. The predicted octanol–water partition coefficient (Wildman–Crippen LogP) is 26.8. The van der Waals surface area contributed by atoms with Crippen molar-refractivity contribution in [2.45, 2.75) is 304 Å². The molecule has 0 heterocycles. The lowest BCUT2D eigenvalue weighted by Crippen LogP contribution is -2.14. The Morgan fingerprint density at radius 2 is 0.394 bits per heavy atom. The molecule has 0 bridgehead atoms. The smallest absolute Gasteiger partial charge is 0.386 e. The molecule has 9 saturated carbocycles. The zero-order valence-corrected chi connectivity index (χ0v) is 58.3. The van der Waals surface area contributed by atoms with Crippen LogP contribution in [0.3, 0.4) is 0 Å². The van der Waals surface area contributed by atoms with Gasteiger partial charge in [0.2, 0.25) is 0 Å². The molecule has 9 fully saturated rings. The molecular weight excluding hydrogens is 1200 g/mol. The molecule has 6 aromatic rings. The molecule has 0 spiro atoms. The van der Waals surface area contributed by atoms with Crippen LogP contribution >= 0.6 is 15.6 Å². The topological polar surface area (TPSA) is 89.5 Å². The Hall–Kier alpha value is -5.42. The van der Waals surface area contributed by atoms with Crippen LogP contribution in [0.5, 0.6) is 34.5 Å². The van der Waals surface area contributed by atoms with E-state index in [-0.39, 0.29) is 0 Å². The number of benzene rings is 6. The minimum Gasteiger partial charge on any atom is -0.386 e. The molecule has 0 atom stereocenters. The summed E-state index contributed by atoms with van der Waals surface area (Å²) in [4.78, 5) is 0. The summed E-state index contributed by atoms with van der Waals surface area (Å²) in [6.45, 7) is 0. The molecule has 0 aliphatic heterocycles. The van der Waals surface area contributed by atoms with Crippen LogP contribution in [0.15, 0.2) is 127 Å². The van der Waals surface area contributed by atoms with Gasteiger partial charge in [0.25, 0.3) is 0 Å². The van der Waals surface area contributed by atoms with E-state index in [4.69, 9.17) is 27.1 Å². The van der Waals surface area contributed by atoms with Crippen molar-refractivity contribution < 1.29 is 36.3 Å². The van der Waals surface area contributed by atoms with Gasteiger partial charge in [-0.2, -0.15) is 9.13 Å². The highest BCUT2D eigenvalue weighted by Gasteiger charge is 2.40. The SMILES string of the molecule is O=P(Oc1cc(C2CCCC2)cc(C2CCCC2)c1)(Oc1cc(C2CCCC2)cc(C2CCCC2)c1)Oc1cc(C2CCCC2)cc(C2CCCC2)c1.O=P(Oc1ccccc1C1CCCCC1)(Oc1ccccc1C1CCCCC1)Oc1ccccc1C1CCCCC1. The van der Waals surface area contributed by atoms with E-state index in [1.54, 1.807) is 0 Å². The highest BCUT2D eigenvalue weighted by atomic mass is 31.2. The summed E-state index contributed by atoms with van der Waals surface area (Å²) >= 11 is 0. The molecule has 0 radical (unpaired) electrons. The fourth-order valence-electron chi connectivity index (χ4n) is 18.9. The van der Waals surface area contributed by atoms with Crippen molar-refractivity contribution >= 4 is 15.6 Å². The first-order valence-corrected chi connectivity index (χ1v) is 41.2. The maximum absolute atomic E-state index is 15.7. The highest BCUT2D eigenvalue weighted by molar-refractivity contribution is 7.50. The second-order valence-electron chi connectivity index (χ2n) is 30.5.